The van der Waals surface area contributed by atoms with Crippen molar-refractivity contribution in [2.75, 3.05) is 74.1 Å². The molecule has 25 heavy (non-hydrogen) atoms. The zero-order valence-corrected chi connectivity index (χ0v) is 14.8. The van der Waals surface area contributed by atoms with Gasteiger partial charge in [0, 0.05) is 64.8 Å². The molecule has 2 aliphatic heterocycles. The van der Waals surface area contributed by atoms with E-state index < -0.39 is 0 Å². The molecule has 4 rings (SSSR count). The van der Waals surface area contributed by atoms with Gasteiger partial charge in [0.1, 0.15) is 11.6 Å². The van der Waals surface area contributed by atoms with Crippen molar-refractivity contribution in [2.24, 2.45) is 0 Å². The van der Waals surface area contributed by atoms with E-state index in [0.29, 0.717) is 0 Å². The van der Waals surface area contributed by atoms with Crippen LogP contribution in [0, 0.1) is 0 Å². The predicted molar refractivity (Wildman–Crippen MR) is 100 cm³/mol. The molecule has 2 aliphatic rings. The first-order chi connectivity index (χ1) is 12.3. The number of aromatic nitrogens is 3. The molecule has 0 saturated carbocycles. The summed E-state index contributed by atoms with van der Waals surface area (Å²) >= 11 is 0. The molecule has 7 heteroatoms. The second-order valence-electron chi connectivity index (χ2n) is 6.67. The van der Waals surface area contributed by atoms with Crippen molar-refractivity contribution in [1.82, 2.24) is 19.9 Å². The van der Waals surface area contributed by atoms with Gasteiger partial charge < -0.3 is 19.6 Å². The van der Waals surface area contributed by atoms with E-state index in [1.807, 2.05) is 30.6 Å². The third-order valence-electron chi connectivity index (χ3n) is 4.99. The van der Waals surface area contributed by atoms with Crippen LogP contribution in [0.5, 0.6) is 0 Å². The Bertz CT molecular complexity index is 677. The highest BCUT2D eigenvalue weighted by Crippen LogP contribution is 2.19. The fourth-order valence-electron chi connectivity index (χ4n) is 3.38. The summed E-state index contributed by atoms with van der Waals surface area (Å²) in [4.78, 5) is 23.1. The fourth-order valence-corrected chi connectivity index (χ4v) is 3.38. The SMILES string of the molecule is CN1CCN(c2nccc(N3CCN(c4ccccn4)CC3)n2)CC1. The quantitative estimate of drug-likeness (QED) is 0.825. The molecule has 132 valence electrons. The van der Waals surface area contributed by atoms with Crippen molar-refractivity contribution in [1.29, 1.82) is 0 Å². The molecule has 0 aliphatic carbocycles. The van der Waals surface area contributed by atoms with Crippen LogP contribution >= 0.6 is 0 Å². The summed E-state index contributed by atoms with van der Waals surface area (Å²) in [5.74, 6) is 2.95. The summed E-state index contributed by atoms with van der Waals surface area (Å²) < 4.78 is 0. The Hall–Kier alpha value is -2.41. The minimum absolute atomic E-state index is 0.859. The maximum Gasteiger partial charge on any atom is 0.227 e. The smallest absolute Gasteiger partial charge is 0.227 e. The van der Waals surface area contributed by atoms with E-state index in [-0.39, 0.29) is 0 Å². The first kappa shape index (κ1) is 16.1. The van der Waals surface area contributed by atoms with Crippen molar-refractivity contribution in [3.05, 3.63) is 36.7 Å². The average molecular weight is 339 g/mol. The highest BCUT2D eigenvalue weighted by molar-refractivity contribution is 5.47. The molecule has 4 heterocycles. The Labute approximate surface area is 148 Å². The van der Waals surface area contributed by atoms with Gasteiger partial charge in [-0.05, 0) is 25.2 Å². The van der Waals surface area contributed by atoms with E-state index >= 15 is 0 Å². The topological polar surface area (TPSA) is 51.6 Å². The van der Waals surface area contributed by atoms with Crippen molar-refractivity contribution in [3.63, 3.8) is 0 Å². The molecule has 0 bridgehead atoms. The molecule has 0 unspecified atom stereocenters. The molecule has 2 aromatic rings. The van der Waals surface area contributed by atoms with Crippen LogP contribution in [0.3, 0.4) is 0 Å². The summed E-state index contributed by atoms with van der Waals surface area (Å²) in [6.45, 7) is 7.95. The van der Waals surface area contributed by atoms with E-state index in [9.17, 15) is 0 Å². The maximum atomic E-state index is 4.83. The van der Waals surface area contributed by atoms with Crippen LogP contribution in [0.4, 0.5) is 17.6 Å². The number of anilines is 3. The normalized spacial score (nSPS) is 19.3. The average Bonchev–Trinajstić information content (AvgIpc) is 2.69. The largest absolute Gasteiger partial charge is 0.353 e. The van der Waals surface area contributed by atoms with Gasteiger partial charge >= 0.3 is 0 Å². The summed E-state index contributed by atoms with van der Waals surface area (Å²) in [7, 11) is 2.16. The van der Waals surface area contributed by atoms with Gasteiger partial charge in [-0.3, -0.25) is 0 Å². The van der Waals surface area contributed by atoms with Gasteiger partial charge in [0.2, 0.25) is 5.95 Å². The maximum absolute atomic E-state index is 4.83. The monoisotopic (exact) mass is 339 g/mol. The van der Waals surface area contributed by atoms with Gasteiger partial charge in [-0.25, -0.2) is 9.97 Å². The van der Waals surface area contributed by atoms with Crippen LogP contribution in [-0.4, -0.2) is 79.3 Å². The van der Waals surface area contributed by atoms with Crippen LogP contribution in [-0.2, 0) is 0 Å². The van der Waals surface area contributed by atoms with E-state index in [1.165, 1.54) is 0 Å². The zero-order valence-electron chi connectivity index (χ0n) is 14.8. The van der Waals surface area contributed by atoms with Crippen molar-refractivity contribution in [3.8, 4) is 0 Å². The number of nitrogens with zero attached hydrogens (tertiary/aromatic N) is 7. The van der Waals surface area contributed by atoms with Crippen molar-refractivity contribution >= 4 is 17.6 Å². The number of hydrogen-bond donors (Lipinski definition) is 0. The van der Waals surface area contributed by atoms with Crippen LogP contribution in [0.2, 0.25) is 0 Å². The number of rotatable bonds is 3. The van der Waals surface area contributed by atoms with E-state index in [0.717, 1.165) is 69.9 Å². The molecular formula is C18H25N7. The Kier molecular flexibility index (Phi) is 4.65. The zero-order chi connectivity index (χ0) is 17.1. The number of hydrogen-bond acceptors (Lipinski definition) is 7. The minimum atomic E-state index is 0.859. The van der Waals surface area contributed by atoms with Crippen molar-refractivity contribution in [2.45, 2.75) is 0 Å². The molecule has 7 nitrogen and oxygen atoms in total. The van der Waals surface area contributed by atoms with Crippen LogP contribution in [0.25, 0.3) is 0 Å². The number of piperazine rings is 2. The van der Waals surface area contributed by atoms with E-state index in [1.54, 1.807) is 0 Å². The molecule has 0 spiro atoms. The number of likely N-dealkylation sites (N-methyl/N-ethyl adjacent to an activating group) is 1. The first-order valence-corrected chi connectivity index (χ1v) is 8.97. The van der Waals surface area contributed by atoms with Crippen LogP contribution < -0.4 is 14.7 Å². The Balaban J connectivity index is 1.40. The van der Waals surface area contributed by atoms with Crippen molar-refractivity contribution < 1.29 is 0 Å². The lowest BCUT2D eigenvalue weighted by molar-refractivity contribution is 0.311. The summed E-state index contributed by atoms with van der Waals surface area (Å²) in [5, 5.41) is 0. The Morgan fingerprint density at radius 2 is 1.36 bits per heavy atom. The summed E-state index contributed by atoms with van der Waals surface area (Å²) in [6.07, 6.45) is 3.75. The van der Waals surface area contributed by atoms with Gasteiger partial charge in [-0.1, -0.05) is 6.07 Å². The highest BCUT2D eigenvalue weighted by Gasteiger charge is 2.21. The third-order valence-corrected chi connectivity index (χ3v) is 4.99. The molecule has 0 atom stereocenters. The highest BCUT2D eigenvalue weighted by atomic mass is 15.3. The molecule has 2 fully saturated rings. The van der Waals surface area contributed by atoms with Gasteiger partial charge in [-0.15, -0.1) is 0 Å². The molecule has 0 radical (unpaired) electrons. The Morgan fingerprint density at radius 3 is 2.04 bits per heavy atom. The molecule has 2 saturated heterocycles. The summed E-state index contributed by atoms with van der Waals surface area (Å²) in [6, 6.07) is 8.10. The second-order valence-corrected chi connectivity index (χ2v) is 6.67. The first-order valence-electron chi connectivity index (χ1n) is 8.97. The van der Waals surface area contributed by atoms with Gasteiger partial charge in [-0.2, -0.15) is 4.98 Å². The molecular weight excluding hydrogens is 314 g/mol. The van der Waals surface area contributed by atoms with E-state index in [2.05, 4.69) is 42.7 Å². The lowest BCUT2D eigenvalue weighted by Gasteiger charge is -2.36. The lowest BCUT2D eigenvalue weighted by atomic mass is 10.3. The predicted octanol–water partition coefficient (Wildman–Crippen LogP) is 0.950. The van der Waals surface area contributed by atoms with Gasteiger partial charge in [0.15, 0.2) is 0 Å². The number of pyridine rings is 1. The van der Waals surface area contributed by atoms with Gasteiger partial charge in [0.05, 0.1) is 0 Å². The Morgan fingerprint density at radius 1 is 0.680 bits per heavy atom. The molecule has 0 amide bonds. The second kappa shape index (κ2) is 7.23. The standard InChI is InChI=1S/C18H25N7/c1-22-8-10-25(11-9-22)18-20-7-5-17(21-18)24-14-12-23(13-15-24)16-4-2-3-6-19-16/h2-7H,8-15H2,1H3. The molecule has 2 aromatic heterocycles. The molecule has 0 N–H and O–H groups in total. The van der Waals surface area contributed by atoms with E-state index in [4.69, 9.17) is 4.98 Å². The lowest BCUT2D eigenvalue weighted by Crippen LogP contribution is -2.47. The minimum Gasteiger partial charge on any atom is -0.353 e. The third kappa shape index (κ3) is 3.66. The van der Waals surface area contributed by atoms with Crippen LogP contribution in [0.1, 0.15) is 0 Å². The van der Waals surface area contributed by atoms with Crippen LogP contribution in [0.15, 0.2) is 36.7 Å². The molecule has 0 aromatic carbocycles. The van der Waals surface area contributed by atoms with Gasteiger partial charge in [0.25, 0.3) is 0 Å². The summed E-state index contributed by atoms with van der Waals surface area (Å²) in [5.41, 5.74) is 0. The fraction of sp³-hybridized carbons (Fsp3) is 0.500.